The second-order valence-corrected chi connectivity index (χ2v) is 6.36. The molecular weight excluding hydrogens is 339 g/mol. The summed E-state index contributed by atoms with van der Waals surface area (Å²) < 4.78 is 15.7. The standard InChI is InChI=1S/C15H14ClFN4OS/c1-2-4-9-7-13(22)18-14-19-20-15(21(9)14)23-8-10-11(16)5-3-6-12(10)17/h3,5-7H,2,4,8H2,1H3,(H,18,19,22). The van der Waals surface area contributed by atoms with Crippen LogP contribution in [-0.4, -0.2) is 19.6 Å². The van der Waals surface area contributed by atoms with Crippen molar-refractivity contribution in [2.24, 2.45) is 0 Å². The summed E-state index contributed by atoms with van der Waals surface area (Å²) in [5, 5.41) is 9.06. The highest BCUT2D eigenvalue weighted by atomic mass is 35.5. The van der Waals surface area contributed by atoms with Gasteiger partial charge in [-0.1, -0.05) is 42.8 Å². The molecule has 0 aliphatic carbocycles. The third-order valence-corrected chi connectivity index (χ3v) is 4.68. The van der Waals surface area contributed by atoms with Gasteiger partial charge >= 0.3 is 0 Å². The largest absolute Gasteiger partial charge is 0.291 e. The Hall–Kier alpha value is -1.86. The Morgan fingerprint density at radius 1 is 1.39 bits per heavy atom. The molecule has 0 atom stereocenters. The SMILES string of the molecule is CCCc1cc(=O)[nH]c2nnc(SCc3c(F)cccc3Cl)n12. The average Bonchev–Trinajstić information content (AvgIpc) is 2.90. The molecule has 120 valence electrons. The fraction of sp³-hybridized carbons (Fsp3) is 0.267. The molecule has 1 N–H and O–H groups in total. The van der Waals surface area contributed by atoms with E-state index in [2.05, 4.69) is 15.2 Å². The van der Waals surface area contributed by atoms with Gasteiger partial charge in [0.1, 0.15) is 5.82 Å². The van der Waals surface area contributed by atoms with E-state index in [0.29, 0.717) is 27.3 Å². The average molecular weight is 353 g/mol. The van der Waals surface area contributed by atoms with Gasteiger partial charge < -0.3 is 0 Å². The van der Waals surface area contributed by atoms with E-state index in [1.165, 1.54) is 17.8 Å². The highest BCUT2D eigenvalue weighted by Crippen LogP contribution is 2.28. The molecule has 2 aromatic heterocycles. The van der Waals surface area contributed by atoms with Crippen molar-refractivity contribution in [1.29, 1.82) is 0 Å². The Labute approximate surface area is 140 Å². The van der Waals surface area contributed by atoms with Crippen LogP contribution in [0.2, 0.25) is 5.02 Å². The number of thioether (sulfide) groups is 1. The van der Waals surface area contributed by atoms with Crippen LogP contribution in [0.3, 0.4) is 0 Å². The molecule has 23 heavy (non-hydrogen) atoms. The van der Waals surface area contributed by atoms with E-state index in [0.717, 1.165) is 18.5 Å². The van der Waals surface area contributed by atoms with E-state index in [9.17, 15) is 9.18 Å². The number of rotatable bonds is 5. The molecule has 3 aromatic rings. The smallest absolute Gasteiger partial charge is 0.252 e. The number of nitrogens with zero attached hydrogens (tertiary/aromatic N) is 3. The highest BCUT2D eigenvalue weighted by Gasteiger charge is 2.14. The Balaban J connectivity index is 1.96. The molecule has 0 amide bonds. The van der Waals surface area contributed by atoms with Gasteiger partial charge in [-0.15, -0.1) is 10.2 Å². The molecule has 8 heteroatoms. The van der Waals surface area contributed by atoms with Crippen LogP contribution in [0.4, 0.5) is 4.39 Å². The van der Waals surface area contributed by atoms with Gasteiger partial charge in [0.25, 0.3) is 5.56 Å². The molecule has 0 bridgehead atoms. The first-order valence-electron chi connectivity index (χ1n) is 7.13. The molecule has 0 aliphatic heterocycles. The molecule has 0 saturated heterocycles. The lowest BCUT2D eigenvalue weighted by Crippen LogP contribution is -2.12. The Morgan fingerprint density at radius 3 is 2.96 bits per heavy atom. The highest BCUT2D eigenvalue weighted by molar-refractivity contribution is 7.98. The van der Waals surface area contributed by atoms with Gasteiger partial charge in [-0.05, 0) is 18.6 Å². The lowest BCUT2D eigenvalue weighted by molar-refractivity contribution is 0.617. The Bertz CT molecular complexity index is 888. The van der Waals surface area contributed by atoms with Crippen LogP contribution in [0.5, 0.6) is 0 Å². The summed E-state index contributed by atoms with van der Waals surface area (Å²) >= 11 is 7.37. The first kappa shape index (κ1) is 16.0. The molecule has 3 rings (SSSR count). The normalized spacial score (nSPS) is 11.3. The van der Waals surface area contributed by atoms with E-state index in [1.54, 1.807) is 22.6 Å². The van der Waals surface area contributed by atoms with Crippen molar-refractivity contribution in [2.75, 3.05) is 0 Å². The minimum absolute atomic E-state index is 0.206. The number of halogens is 2. The van der Waals surface area contributed by atoms with Gasteiger partial charge in [0.2, 0.25) is 5.78 Å². The third kappa shape index (κ3) is 3.25. The summed E-state index contributed by atoms with van der Waals surface area (Å²) in [6.07, 6.45) is 1.62. The molecule has 0 aliphatic rings. The molecule has 0 fully saturated rings. The number of nitrogens with one attached hydrogen (secondary N) is 1. The van der Waals surface area contributed by atoms with Gasteiger partial charge in [-0.2, -0.15) is 0 Å². The molecule has 0 saturated carbocycles. The predicted molar refractivity (Wildman–Crippen MR) is 88.6 cm³/mol. The number of benzene rings is 1. The minimum Gasteiger partial charge on any atom is -0.291 e. The number of fused-ring (bicyclic) bond motifs is 1. The maximum absolute atomic E-state index is 13.9. The van der Waals surface area contributed by atoms with Crippen molar-refractivity contribution < 1.29 is 4.39 Å². The number of H-pyrrole nitrogens is 1. The van der Waals surface area contributed by atoms with Gasteiger partial charge in [0.15, 0.2) is 5.16 Å². The van der Waals surface area contributed by atoms with Crippen molar-refractivity contribution in [1.82, 2.24) is 19.6 Å². The minimum atomic E-state index is -0.346. The van der Waals surface area contributed by atoms with E-state index >= 15 is 0 Å². The molecule has 5 nitrogen and oxygen atoms in total. The number of hydrogen-bond donors (Lipinski definition) is 1. The zero-order valence-corrected chi connectivity index (χ0v) is 13.9. The number of aromatic nitrogens is 4. The summed E-state index contributed by atoms with van der Waals surface area (Å²) in [7, 11) is 0. The van der Waals surface area contributed by atoms with Crippen molar-refractivity contribution in [3.05, 3.63) is 56.7 Å². The molecule has 0 unspecified atom stereocenters. The second-order valence-electron chi connectivity index (χ2n) is 5.01. The maximum atomic E-state index is 13.9. The van der Waals surface area contributed by atoms with Crippen molar-refractivity contribution in [2.45, 2.75) is 30.7 Å². The zero-order valence-electron chi connectivity index (χ0n) is 12.3. The van der Waals surface area contributed by atoms with Gasteiger partial charge in [-0.3, -0.25) is 14.2 Å². The monoisotopic (exact) mass is 352 g/mol. The topological polar surface area (TPSA) is 63.0 Å². The van der Waals surface area contributed by atoms with Gasteiger partial charge in [0.05, 0.1) is 0 Å². The van der Waals surface area contributed by atoms with Crippen LogP contribution in [-0.2, 0) is 12.2 Å². The predicted octanol–water partition coefficient (Wildman–Crippen LogP) is 3.45. The number of aromatic amines is 1. The number of hydrogen-bond acceptors (Lipinski definition) is 4. The van der Waals surface area contributed by atoms with E-state index in [-0.39, 0.29) is 11.4 Å². The van der Waals surface area contributed by atoms with E-state index < -0.39 is 0 Å². The first-order valence-corrected chi connectivity index (χ1v) is 8.49. The summed E-state index contributed by atoms with van der Waals surface area (Å²) in [6.45, 7) is 2.03. The molecular formula is C15H14ClFN4OS. The third-order valence-electron chi connectivity index (χ3n) is 3.37. The second kappa shape index (κ2) is 6.72. The fourth-order valence-electron chi connectivity index (χ4n) is 2.31. The van der Waals surface area contributed by atoms with Gasteiger partial charge in [0, 0.05) is 28.1 Å². The van der Waals surface area contributed by atoms with Crippen LogP contribution in [0.1, 0.15) is 24.6 Å². The molecule has 2 heterocycles. The van der Waals surface area contributed by atoms with E-state index in [1.807, 2.05) is 6.92 Å². The Morgan fingerprint density at radius 2 is 2.22 bits per heavy atom. The molecule has 0 radical (unpaired) electrons. The maximum Gasteiger partial charge on any atom is 0.252 e. The number of aryl methyl sites for hydroxylation is 1. The lowest BCUT2D eigenvalue weighted by atomic mass is 10.2. The molecule has 1 aromatic carbocycles. The first-order chi connectivity index (χ1) is 11.1. The Kier molecular flexibility index (Phi) is 4.68. The summed E-state index contributed by atoms with van der Waals surface area (Å²) in [6, 6.07) is 6.15. The summed E-state index contributed by atoms with van der Waals surface area (Å²) in [5.74, 6) is 0.376. The van der Waals surface area contributed by atoms with Crippen molar-refractivity contribution >= 4 is 29.1 Å². The van der Waals surface area contributed by atoms with E-state index in [4.69, 9.17) is 11.6 Å². The van der Waals surface area contributed by atoms with Crippen LogP contribution in [0.25, 0.3) is 5.78 Å². The van der Waals surface area contributed by atoms with Crippen LogP contribution in [0.15, 0.2) is 34.2 Å². The van der Waals surface area contributed by atoms with Crippen LogP contribution in [0, 0.1) is 5.82 Å². The molecule has 0 spiro atoms. The summed E-state index contributed by atoms with van der Waals surface area (Å²) in [4.78, 5) is 14.3. The van der Waals surface area contributed by atoms with Crippen molar-refractivity contribution in [3.8, 4) is 0 Å². The quantitative estimate of drug-likeness (QED) is 0.714. The summed E-state index contributed by atoms with van der Waals surface area (Å²) in [5.41, 5.74) is 1.05. The fourth-order valence-corrected chi connectivity index (χ4v) is 3.62. The van der Waals surface area contributed by atoms with Crippen molar-refractivity contribution in [3.63, 3.8) is 0 Å². The van der Waals surface area contributed by atoms with Crippen LogP contribution < -0.4 is 5.56 Å². The lowest BCUT2D eigenvalue weighted by Gasteiger charge is -2.07. The zero-order chi connectivity index (χ0) is 16.4. The van der Waals surface area contributed by atoms with Crippen LogP contribution >= 0.6 is 23.4 Å². The van der Waals surface area contributed by atoms with Gasteiger partial charge in [-0.25, -0.2) is 4.39 Å².